The lowest BCUT2D eigenvalue weighted by atomic mass is 10.1. The summed E-state index contributed by atoms with van der Waals surface area (Å²) in [6.07, 6.45) is -1.17. The van der Waals surface area contributed by atoms with Crippen LogP contribution in [-0.4, -0.2) is 31.0 Å². The van der Waals surface area contributed by atoms with E-state index in [2.05, 4.69) is 5.32 Å². The van der Waals surface area contributed by atoms with Gasteiger partial charge >= 0.3 is 12.0 Å². The van der Waals surface area contributed by atoms with Crippen molar-refractivity contribution >= 4 is 23.6 Å². The number of carbonyl (C=O) groups is 3. The molecule has 25 heavy (non-hydrogen) atoms. The molecule has 0 radical (unpaired) electrons. The van der Waals surface area contributed by atoms with Crippen molar-refractivity contribution < 1.29 is 19.1 Å². The number of hydrogen-bond acceptors (Lipinski definition) is 4. The van der Waals surface area contributed by atoms with Crippen LogP contribution in [0.15, 0.2) is 54.6 Å². The molecule has 2 aromatic rings. The Morgan fingerprint density at radius 3 is 2.52 bits per heavy atom. The Hall–Kier alpha value is -3.35. The van der Waals surface area contributed by atoms with E-state index in [-0.39, 0.29) is 11.6 Å². The molecule has 0 saturated carbocycles. The highest BCUT2D eigenvalue weighted by atomic mass is 16.5. The van der Waals surface area contributed by atoms with Crippen LogP contribution in [0.2, 0.25) is 0 Å². The van der Waals surface area contributed by atoms with Crippen LogP contribution >= 0.6 is 0 Å². The number of ether oxygens (including phenoxy) is 1. The van der Waals surface area contributed by atoms with Crippen molar-refractivity contribution in [2.45, 2.75) is 6.10 Å². The molecule has 0 unspecified atom stereocenters. The van der Waals surface area contributed by atoms with Gasteiger partial charge in [-0.2, -0.15) is 0 Å². The summed E-state index contributed by atoms with van der Waals surface area (Å²) in [5.74, 6) is -1.44. The van der Waals surface area contributed by atoms with Crippen molar-refractivity contribution in [3.8, 4) is 0 Å². The predicted molar refractivity (Wildman–Crippen MR) is 91.0 cm³/mol. The molecule has 0 bridgehead atoms. The Morgan fingerprint density at radius 1 is 1.12 bits per heavy atom. The maximum atomic E-state index is 12.4. The molecule has 3 rings (SSSR count). The van der Waals surface area contributed by atoms with Crippen molar-refractivity contribution in [2.24, 2.45) is 5.73 Å². The summed E-state index contributed by atoms with van der Waals surface area (Å²) in [5.41, 5.74) is 6.68. The second-order valence-corrected chi connectivity index (χ2v) is 5.53. The normalized spacial score (nSPS) is 14.7. The van der Waals surface area contributed by atoms with Gasteiger partial charge in [0.1, 0.15) is 0 Å². The molecule has 1 fully saturated rings. The summed E-state index contributed by atoms with van der Waals surface area (Å²) in [5, 5.41) is 2.70. The van der Waals surface area contributed by atoms with Crippen LogP contribution in [0.3, 0.4) is 0 Å². The molecule has 0 spiro atoms. The fourth-order valence-electron chi connectivity index (χ4n) is 2.61. The number of urea groups is 1. The zero-order chi connectivity index (χ0) is 17.8. The first-order valence-electron chi connectivity index (χ1n) is 7.77. The second-order valence-electron chi connectivity index (χ2n) is 5.53. The average Bonchev–Trinajstić information content (AvgIpc) is 3.06. The lowest BCUT2D eigenvalue weighted by Gasteiger charge is -2.17. The van der Waals surface area contributed by atoms with E-state index in [0.717, 1.165) is 0 Å². The monoisotopic (exact) mass is 339 g/mol. The Morgan fingerprint density at radius 2 is 1.88 bits per heavy atom. The molecule has 7 heteroatoms. The van der Waals surface area contributed by atoms with Gasteiger partial charge in [0.2, 0.25) is 6.10 Å². The first kappa shape index (κ1) is 16.5. The molecular formula is C18H17N3O4. The van der Waals surface area contributed by atoms with Crippen molar-refractivity contribution in [1.29, 1.82) is 0 Å². The number of nitrogens with one attached hydrogen (secondary N) is 1. The van der Waals surface area contributed by atoms with Gasteiger partial charge in [-0.25, -0.2) is 9.59 Å². The molecule has 3 N–H and O–H groups in total. The third-order valence-corrected chi connectivity index (χ3v) is 3.84. The van der Waals surface area contributed by atoms with Crippen LogP contribution in [-0.2, 0) is 9.53 Å². The molecule has 128 valence electrons. The third kappa shape index (κ3) is 3.60. The van der Waals surface area contributed by atoms with Gasteiger partial charge in [-0.15, -0.1) is 0 Å². The zero-order valence-corrected chi connectivity index (χ0v) is 13.3. The lowest BCUT2D eigenvalue weighted by Crippen LogP contribution is -2.28. The summed E-state index contributed by atoms with van der Waals surface area (Å²) >= 11 is 0. The van der Waals surface area contributed by atoms with E-state index in [1.54, 1.807) is 54.6 Å². The van der Waals surface area contributed by atoms with Crippen molar-refractivity contribution in [1.82, 2.24) is 5.32 Å². The highest BCUT2D eigenvalue weighted by molar-refractivity contribution is 5.97. The highest BCUT2D eigenvalue weighted by Gasteiger charge is 2.25. The summed E-state index contributed by atoms with van der Waals surface area (Å²) in [6.45, 7) is 1.07. The fraction of sp³-hybridized carbons (Fsp3) is 0.167. The van der Waals surface area contributed by atoms with E-state index in [1.165, 1.54) is 4.90 Å². The summed E-state index contributed by atoms with van der Waals surface area (Å²) in [6, 6.07) is 14.8. The van der Waals surface area contributed by atoms with Crippen molar-refractivity contribution in [3.05, 3.63) is 65.7 Å². The molecule has 0 aliphatic carbocycles. The Bertz CT molecular complexity index is 807. The third-order valence-electron chi connectivity index (χ3n) is 3.84. The minimum absolute atomic E-state index is 0.218. The smallest absolute Gasteiger partial charge is 0.339 e. The molecule has 1 aliphatic rings. The Kier molecular flexibility index (Phi) is 4.65. The van der Waals surface area contributed by atoms with E-state index in [1.807, 2.05) is 0 Å². The Balaban J connectivity index is 1.80. The molecular weight excluding hydrogens is 322 g/mol. The first-order valence-corrected chi connectivity index (χ1v) is 7.77. The number of rotatable bonds is 5. The van der Waals surface area contributed by atoms with Gasteiger partial charge in [-0.05, 0) is 18.2 Å². The van der Waals surface area contributed by atoms with Crippen molar-refractivity contribution in [2.75, 3.05) is 18.0 Å². The van der Waals surface area contributed by atoms with Gasteiger partial charge in [-0.1, -0.05) is 36.4 Å². The number of hydrogen-bond donors (Lipinski definition) is 2. The SMILES string of the molecule is NC(=O)[C@@H](OC(=O)c1cccc(N2CCNC2=O)c1)c1ccccc1. The maximum Gasteiger partial charge on any atom is 0.339 e. The number of carbonyl (C=O) groups excluding carboxylic acids is 3. The van der Waals surface area contributed by atoms with Crippen LogP contribution in [0.1, 0.15) is 22.0 Å². The van der Waals surface area contributed by atoms with Gasteiger partial charge in [-0.3, -0.25) is 9.69 Å². The summed E-state index contributed by atoms with van der Waals surface area (Å²) < 4.78 is 5.30. The molecule has 1 heterocycles. The summed E-state index contributed by atoms with van der Waals surface area (Å²) in [7, 11) is 0. The number of nitrogens with two attached hydrogens (primary N) is 1. The van der Waals surface area contributed by atoms with Gasteiger partial charge in [0.25, 0.3) is 5.91 Å². The maximum absolute atomic E-state index is 12.4. The van der Waals surface area contributed by atoms with Gasteiger partial charge in [0.05, 0.1) is 5.56 Å². The van der Waals surface area contributed by atoms with Gasteiger partial charge < -0.3 is 15.8 Å². The molecule has 7 nitrogen and oxygen atoms in total. The van der Waals surface area contributed by atoms with Crippen LogP contribution in [0.4, 0.5) is 10.5 Å². The molecule has 0 aromatic heterocycles. The standard InChI is InChI=1S/C18H17N3O4/c19-16(22)15(12-5-2-1-3-6-12)25-17(23)13-7-4-8-14(11-13)21-10-9-20-18(21)24/h1-8,11,15H,9-10H2,(H2,19,22)(H,20,24)/t15-/m0/s1. The van der Waals surface area contributed by atoms with E-state index in [9.17, 15) is 14.4 Å². The average molecular weight is 339 g/mol. The minimum Gasteiger partial charge on any atom is -0.444 e. The van der Waals surface area contributed by atoms with Crippen LogP contribution in [0, 0.1) is 0 Å². The number of benzene rings is 2. The largest absolute Gasteiger partial charge is 0.444 e. The topological polar surface area (TPSA) is 102 Å². The van der Waals surface area contributed by atoms with E-state index in [0.29, 0.717) is 24.3 Å². The molecule has 1 aliphatic heterocycles. The lowest BCUT2D eigenvalue weighted by molar-refractivity contribution is -0.127. The van der Waals surface area contributed by atoms with Crippen LogP contribution in [0.5, 0.6) is 0 Å². The summed E-state index contributed by atoms with van der Waals surface area (Å²) in [4.78, 5) is 37.4. The molecule has 1 atom stereocenters. The number of primary amides is 1. The Labute approximate surface area is 144 Å². The second kappa shape index (κ2) is 7.04. The van der Waals surface area contributed by atoms with E-state index in [4.69, 9.17) is 10.5 Å². The number of nitrogens with zero attached hydrogens (tertiary/aromatic N) is 1. The van der Waals surface area contributed by atoms with Crippen LogP contribution in [0.25, 0.3) is 0 Å². The highest BCUT2D eigenvalue weighted by Crippen LogP contribution is 2.22. The number of esters is 1. The van der Waals surface area contributed by atoms with Crippen LogP contribution < -0.4 is 16.0 Å². The molecule has 2 aromatic carbocycles. The van der Waals surface area contributed by atoms with Gasteiger partial charge in [0, 0.05) is 24.3 Å². The number of amides is 3. The van der Waals surface area contributed by atoms with Gasteiger partial charge in [0.15, 0.2) is 0 Å². The minimum atomic E-state index is -1.17. The number of anilines is 1. The van der Waals surface area contributed by atoms with Crippen molar-refractivity contribution in [3.63, 3.8) is 0 Å². The molecule has 3 amide bonds. The van der Waals surface area contributed by atoms with E-state index >= 15 is 0 Å². The fourth-order valence-corrected chi connectivity index (χ4v) is 2.61. The quantitative estimate of drug-likeness (QED) is 0.808. The zero-order valence-electron chi connectivity index (χ0n) is 13.3. The van der Waals surface area contributed by atoms with E-state index < -0.39 is 18.0 Å². The first-order chi connectivity index (χ1) is 12.1. The predicted octanol–water partition coefficient (Wildman–Crippen LogP) is 1.60. The molecule has 1 saturated heterocycles.